The Kier molecular flexibility index (Phi) is 3.67. The van der Waals surface area contributed by atoms with Gasteiger partial charge in [0.05, 0.1) is 12.4 Å². The largest absolute Gasteiger partial charge is 0.453 e. The molecule has 2 rings (SSSR count). The summed E-state index contributed by atoms with van der Waals surface area (Å²) in [5.74, 6) is 0. The number of ether oxygens (including phenoxy) is 1. The first-order chi connectivity index (χ1) is 7.27. The van der Waals surface area contributed by atoms with Crippen LogP contribution in [0.15, 0.2) is 16.7 Å². The number of furan rings is 1. The lowest BCUT2D eigenvalue weighted by atomic mass is 10.0. The van der Waals surface area contributed by atoms with E-state index < -0.39 is 0 Å². The summed E-state index contributed by atoms with van der Waals surface area (Å²) in [6.07, 6.45) is 6.19. The van der Waals surface area contributed by atoms with Crippen LogP contribution in [0, 0.1) is 0 Å². The molecule has 1 aliphatic rings. The summed E-state index contributed by atoms with van der Waals surface area (Å²) in [6, 6.07) is 1.79. The van der Waals surface area contributed by atoms with Crippen molar-refractivity contribution in [3.8, 4) is 0 Å². The van der Waals surface area contributed by atoms with E-state index in [4.69, 9.17) is 26.5 Å². The van der Waals surface area contributed by atoms with Crippen LogP contribution in [-0.2, 0) is 4.74 Å². The molecule has 0 radical (unpaired) electrons. The van der Waals surface area contributed by atoms with Crippen LogP contribution in [0.1, 0.15) is 37.3 Å². The predicted molar refractivity (Wildman–Crippen MR) is 58.9 cm³/mol. The van der Waals surface area contributed by atoms with Crippen LogP contribution in [0.4, 0.5) is 0 Å². The second-order valence-corrected chi connectivity index (χ2v) is 4.31. The number of hydrogen-bond acceptors (Lipinski definition) is 3. The van der Waals surface area contributed by atoms with E-state index in [0.29, 0.717) is 11.3 Å². The Morgan fingerprint density at radius 1 is 1.60 bits per heavy atom. The molecule has 0 saturated carbocycles. The second kappa shape index (κ2) is 5.01. The Morgan fingerprint density at radius 3 is 3.07 bits per heavy atom. The van der Waals surface area contributed by atoms with Crippen molar-refractivity contribution in [2.24, 2.45) is 5.73 Å². The minimum atomic E-state index is -0.0413. The highest BCUT2D eigenvalue weighted by Gasteiger charge is 2.18. The molecule has 1 aromatic heterocycles. The number of halogens is 1. The van der Waals surface area contributed by atoms with Crippen LogP contribution in [0.5, 0.6) is 0 Å². The Labute approximate surface area is 94.5 Å². The molecule has 2 N–H and O–H groups in total. The van der Waals surface area contributed by atoms with E-state index in [1.54, 1.807) is 6.26 Å². The normalized spacial score (nSPS) is 23.2. The van der Waals surface area contributed by atoms with Crippen LogP contribution in [-0.4, -0.2) is 12.7 Å². The zero-order chi connectivity index (χ0) is 10.7. The first-order valence-electron chi connectivity index (χ1n) is 5.37. The van der Waals surface area contributed by atoms with Crippen molar-refractivity contribution in [3.05, 3.63) is 23.1 Å². The van der Waals surface area contributed by atoms with Gasteiger partial charge in [-0.25, -0.2) is 0 Å². The Morgan fingerprint density at radius 2 is 2.47 bits per heavy atom. The topological polar surface area (TPSA) is 48.4 Å². The summed E-state index contributed by atoms with van der Waals surface area (Å²) < 4.78 is 10.6. The number of rotatable bonds is 4. The van der Waals surface area contributed by atoms with Gasteiger partial charge < -0.3 is 14.9 Å². The van der Waals surface area contributed by atoms with Crippen molar-refractivity contribution < 1.29 is 9.15 Å². The third kappa shape index (κ3) is 2.74. The Hall–Kier alpha value is -0.510. The minimum absolute atomic E-state index is 0.0413. The fraction of sp³-hybridized carbons (Fsp3) is 0.636. The fourth-order valence-electron chi connectivity index (χ4n) is 1.96. The molecule has 2 heterocycles. The van der Waals surface area contributed by atoms with Crippen LogP contribution in [0.2, 0.25) is 5.22 Å². The lowest BCUT2D eigenvalue weighted by molar-refractivity contribution is 0.101. The summed E-state index contributed by atoms with van der Waals surface area (Å²) in [5.41, 5.74) is 6.92. The molecule has 2 unspecified atom stereocenters. The highest BCUT2D eigenvalue weighted by atomic mass is 35.5. The second-order valence-electron chi connectivity index (χ2n) is 3.97. The molecule has 1 saturated heterocycles. The summed E-state index contributed by atoms with van der Waals surface area (Å²) in [4.78, 5) is 0. The van der Waals surface area contributed by atoms with E-state index in [0.717, 1.165) is 31.4 Å². The highest BCUT2D eigenvalue weighted by Crippen LogP contribution is 2.27. The van der Waals surface area contributed by atoms with Crippen molar-refractivity contribution in [2.45, 2.75) is 37.8 Å². The maximum Gasteiger partial charge on any atom is 0.197 e. The molecule has 0 spiro atoms. The van der Waals surface area contributed by atoms with Crippen molar-refractivity contribution in [1.82, 2.24) is 0 Å². The van der Waals surface area contributed by atoms with Crippen molar-refractivity contribution in [3.63, 3.8) is 0 Å². The first kappa shape index (κ1) is 11.0. The van der Waals surface area contributed by atoms with Gasteiger partial charge in [0.2, 0.25) is 0 Å². The van der Waals surface area contributed by atoms with Crippen molar-refractivity contribution in [1.29, 1.82) is 0 Å². The quantitative estimate of drug-likeness (QED) is 0.864. The molecular formula is C11H16ClNO2. The van der Waals surface area contributed by atoms with E-state index >= 15 is 0 Å². The zero-order valence-corrected chi connectivity index (χ0v) is 9.37. The zero-order valence-electron chi connectivity index (χ0n) is 8.62. The molecule has 3 nitrogen and oxygen atoms in total. The van der Waals surface area contributed by atoms with Gasteiger partial charge >= 0.3 is 0 Å². The van der Waals surface area contributed by atoms with Gasteiger partial charge in [-0.05, 0) is 43.4 Å². The predicted octanol–water partition coefficient (Wildman–Crippen LogP) is 2.89. The van der Waals surface area contributed by atoms with Gasteiger partial charge in [0.15, 0.2) is 5.22 Å². The SMILES string of the molecule is NC(CCC1CCCO1)c1ccoc1Cl. The van der Waals surface area contributed by atoms with Crippen molar-refractivity contribution >= 4 is 11.6 Å². The lowest BCUT2D eigenvalue weighted by Crippen LogP contribution is -2.14. The van der Waals surface area contributed by atoms with Crippen LogP contribution >= 0.6 is 11.6 Å². The molecule has 0 aliphatic carbocycles. The van der Waals surface area contributed by atoms with Gasteiger partial charge in [-0.3, -0.25) is 0 Å². The molecule has 15 heavy (non-hydrogen) atoms. The van der Waals surface area contributed by atoms with E-state index in [9.17, 15) is 0 Å². The summed E-state index contributed by atoms with van der Waals surface area (Å²) in [7, 11) is 0. The molecular weight excluding hydrogens is 214 g/mol. The Balaban J connectivity index is 1.81. The maximum absolute atomic E-state index is 6.02. The van der Waals surface area contributed by atoms with E-state index in [-0.39, 0.29) is 6.04 Å². The van der Waals surface area contributed by atoms with Gasteiger partial charge in [0, 0.05) is 18.2 Å². The highest BCUT2D eigenvalue weighted by molar-refractivity contribution is 6.29. The number of hydrogen-bond donors (Lipinski definition) is 1. The molecule has 0 amide bonds. The van der Waals surface area contributed by atoms with Crippen LogP contribution in [0.3, 0.4) is 0 Å². The molecule has 1 fully saturated rings. The van der Waals surface area contributed by atoms with E-state index in [2.05, 4.69) is 0 Å². The summed E-state index contributed by atoms with van der Waals surface area (Å²) in [5, 5.41) is 0.412. The molecule has 1 aromatic rings. The molecule has 0 bridgehead atoms. The number of nitrogens with two attached hydrogens (primary N) is 1. The minimum Gasteiger partial charge on any atom is -0.453 e. The average molecular weight is 230 g/mol. The van der Waals surface area contributed by atoms with E-state index in [1.165, 1.54) is 6.42 Å². The first-order valence-corrected chi connectivity index (χ1v) is 5.75. The standard InChI is InChI=1S/C11H16ClNO2/c12-11-9(5-7-15-11)10(13)4-3-8-2-1-6-14-8/h5,7-8,10H,1-4,6,13H2. The van der Waals surface area contributed by atoms with Crippen molar-refractivity contribution in [2.75, 3.05) is 6.61 Å². The van der Waals surface area contributed by atoms with Gasteiger partial charge in [-0.15, -0.1) is 0 Å². The van der Waals surface area contributed by atoms with Gasteiger partial charge in [-0.1, -0.05) is 0 Å². The molecule has 0 aromatic carbocycles. The molecule has 4 heteroatoms. The van der Waals surface area contributed by atoms with Crippen LogP contribution in [0.25, 0.3) is 0 Å². The van der Waals surface area contributed by atoms with Gasteiger partial charge in [-0.2, -0.15) is 0 Å². The molecule has 2 atom stereocenters. The Bertz CT molecular complexity index is 307. The van der Waals surface area contributed by atoms with E-state index in [1.807, 2.05) is 6.07 Å². The smallest absolute Gasteiger partial charge is 0.197 e. The maximum atomic E-state index is 6.02. The fourth-order valence-corrected chi connectivity index (χ4v) is 2.22. The average Bonchev–Trinajstić information content (AvgIpc) is 2.84. The molecule has 84 valence electrons. The third-order valence-corrected chi connectivity index (χ3v) is 3.18. The third-order valence-electron chi connectivity index (χ3n) is 2.87. The van der Waals surface area contributed by atoms with Crippen LogP contribution < -0.4 is 5.73 Å². The summed E-state index contributed by atoms with van der Waals surface area (Å²) in [6.45, 7) is 0.895. The summed E-state index contributed by atoms with van der Waals surface area (Å²) >= 11 is 5.85. The molecule has 1 aliphatic heterocycles. The lowest BCUT2D eigenvalue weighted by Gasteiger charge is -2.13. The monoisotopic (exact) mass is 229 g/mol. The van der Waals surface area contributed by atoms with Gasteiger partial charge in [0.25, 0.3) is 0 Å². The van der Waals surface area contributed by atoms with Gasteiger partial charge in [0.1, 0.15) is 0 Å².